The summed E-state index contributed by atoms with van der Waals surface area (Å²) in [7, 11) is 0. The lowest BCUT2D eigenvalue weighted by Crippen LogP contribution is -2.27. The smallest absolute Gasteiger partial charge is 0.316 e. The number of halogens is 2. The molecule has 0 aliphatic carbocycles. The summed E-state index contributed by atoms with van der Waals surface area (Å²) < 4.78 is 18.5. The van der Waals surface area contributed by atoms with Gasteiger partial charge in [0, 0.05) is 5.02 Å². The second kappa shape index (κ2) is 7.24. The van der Waals surface area contributed by atoms with Crippen molar-refractivity contribution in [3.63, 3.8) is 0 Å². The molecule has 0 amide bonds. The van der Waals surface area contributed by atoms with E-state index in [1.54, 1.807) is 6.92 Å². The highest BCUT2D eigenvalue weighted by Gasteiger charge is 2.29. The summed E-state index contributed by atoms with van der Waals surface area (Å²) in [4.78, 5) is 23.9. The van der Waals surface area contributed by atoms with Gasteiger partial charge < -0.3 is 4.74 Å². The summed E-state index contributed by atoms with van der Waals surface area (Å²) in [5, 5.41) is 0.206. The van der Waals surface area contributed by atoms with Crippen molar-refractivity contribution in [2.75, 3.05) is 6.61 Å². The van der Waals surface area contributed by atoms with E-state index in [9.17, 15) is 14.0 Å². The first-order valence-corrected chi connectivity index (χ1v) is 6.54. The van der Waals surface area contributed by atoms with Crippen molar-refractivity contribution in [2.45, 2.75) is 26.7 Å². The highest BCUT2D eigenvalue weighted by Crippen LogP contribution is 2.21. The molecule has 0 radical (unpaired) electrons. The largest absolute Gasteiger partial charge is 0.465 e. The van der Waals surface area contributed by atoms with Crippen molar-refractivity contribution >= 4 is 23.4 Å². The molecule has 104 valence electrons. The van der Waals surface area contributed by atoms with Crippen LogP contribution in [-0.4, -0.2) is 18.4 Å². The molecule has 0 heterocycles. The third kappa shape index (κ3) is 4.03. The molecule has 0 spiro atoms. The number of hydrogen-bond acceptors (Lipinski definition) is 3. The van der Waals surface area contributed by atoms with Crippen LogP contribution in [0.4, 0.5) is 4.39 Å². The molecule has 0 saturated carbocycles. The number of benzene rings is 1. The van der Waals surface area contributed by atoms with Crippen molar-refractivity contribution in [3.05, 3.63) is 34.6 Å². The van der Waals surface area contributed by atoms with E-state index in [1.165, 1.54) is 12.1 Å². The zero-order valence-corrected chi connectivity index (χ0v) is 11.7. The lowest BCUT2D eigenvalue weighted by atomic mass is 9.93. The van der Waals surface area contributed by atoms with Gasteiger partial charge >= 0.3 is 5.97 Å². The molecule has 0 aromatic heterocycles. The Bertz CT molecular complexity index is 474. The summed E-state index contributed by atoms with van der Waals surface area (Å²) in [6.07, 6.45) is 0.962. The highest BCUT2D eigenvalue weighted by atomic mass is 35.5. The van der Waals surface area contributed by atoms with Gasteiger partial charge in [0.2, 0.25) is 0 Å². The molecule has 0 bridgehead atoms. The molecular formula is C14H16ClFO3. The zero-order valence-electron chi connectivity index (χ0n) is 10.9. The quantitative estimate of drug-likeness (QED) is 0.455. The van der Waals surface area contributed by atoms with E-state index in [2.05, 4.69) is 0 Å². The summed E-state index contributed by atoms with van der Waals surface area (Å²) in [6, 6.07) is 3.77. The van der Waals surface area contributed by atoms with Crippen LogP contribution >= 0.6 is 11.6 Å². The summed E-state index contributed by atoms with van der Waals surface area (Å²) in [6.45, 7) is 3.70. The van der Waals surface area contributed by atoms with Crippen LogP contribution in [0.5, 0.6) is 0 Å². The molecule has 0 N–H and O–H groups in total. The van der Waals surface area contributed by atoms with Crippen LogP contribution < -0.4 is 0 Å². The Morgan fingerprint density at radius 1 is 1.37 bits per heavy atom. The molecule has 1 atom stereocenters. The van der Waals surface area contributed by atoms with E-state index >= 15 is 0 Å². The van der Waals surface area contributed by atoms with Gasteiger partial charge in [-0.2, -0.15) is 0 Å². The summed E-state index contributed by atoms with van der Waals surface area (Å²) in [5.41, 5.74) is -0.129. The molecule has 19 heavy (non-hydrogen) atoms. The normalized spacial score (nSPS) is 12.0. The maximum Gasteiger partial charge on any atom is 0.316 e. The van der Waals surface area contributed by atoms with Gasteiger partial charge in [0.1, 0.15) is 11.7 Å². The summed E-state index contributed by atoms with van der Waals surface area (Å²) in [5.74, 6) is -2.85. The fourth-order valence-electron chi connectivity index (χ4n) is 1.76. The fraction of sp³-hybridized carbons (Fsp3) is 0.429. The molecule has 3 nitrogen and oxygen atoms in total. The van der Waals surface area contributed by atoms with Gasteiger partial charge in [-0.1, -0.05) is 24.9 Å². The molecule has 0 aliphatic heterocycles. The van der Waals surface area contributed by atoms with Crippen LogP contribution in [0.2, 0.25) is 5.02 Å². The molecule has 1 rings (SSSR count). The van der Waals surface area contributed by atoms with Gasteiger partial charge in [-0.3, -0.25) is 9.59 Å². The van der Waals surface area contributed by atoms with Crippen LogP contribution in [0.25, 0.3) is 0 Å². The number of ether oxygens (including phenoxy) is 1. The Kier molecular flexibility index (Phi) is 5.96. The molecule has 1 aromatic rings. The molecule has 5 heteroatoms. The van der Waals surface area contributed by atoms with Crippen LogP contribution in [0.1, 0.15) is 37.0 Å². The van der Waals surface area contributed by atoms with Crippen molar-refractivity contribution in [3.8, 4) is 0 Å². The Balaban J connectivity index is 3.02. The van der Waals surface area contributed by atoms with Gasteiger partial charge in [0.25, 0.3) is 0 Å². The van der Waals surface area contributed by atoms with Crippen LogP contribution in [0, 0.1) is 11.7 Å². The predicted molar refractivity (Wildman–Crippen MR) is 70.8 cm³/mol. The van der Waals surface area contributed by atoms with Crippen molar-refractivity contribution < 1.29 is 18.7 Å². The Labute approximate surface area is 116 Å². The second-order valence-corrected chi connectivity index (χ2v) is 4.52. The molecule has 1 unspecified atom stereocenters. The molecule has 1 aromatic carbocycles. The van der Waals surface area contributed by atoms with E-state index < -0.39 is 23.5 Å². The topological polar surface area (TPSA) is 43.4 Å². The Hall–Kier alpha value is -1.42. The minimum atomic E-state index is -0.958. The maximum absolute atomic E-state index is 13.7. The first kappa shape index (κ1) is 15.6. The maximum atomic E-state index is 13.7. The lowest BCUT2D eigenvalue weighted by Gasteiger charge is -2.14. The number of hydrogen-bond donors (Lipinski definition) is 0. The van der Waals surface area contributed by atoms with Crippen molar-refractivity contribution in [1.82, 2.24) is 0 Å². The van der Waals surface area contributed by atoms with Crippen LogP contribution in [-0.2, 0) is 9.53 Å². The van der Waals surface area contributed by atoms with E-state index in [0.717, 1.165) is 6.07 Å². The van der Waals surface area contributed by atoms with Gasteiger partial charge in [-0.15, -0.1) is 0 Å². The number of Topliss-reactive ketones (excluding diaryl/α,β-unsaturated/α-hetero) is 1. The highest BCUT2D eigenvalue weighted by molar-refractivity contribution is 6.30. The third-order valence-corrected chi connectivity index (χ3v) is 2.90. The third-order valence-electron chi connectivity index (χ3n) is 2.66. The van der Waals surface area contributed by atoms with E-state index in [0.29, 0.717) is 12.8 Å². The lowest BCUT2D eigenvalue weighted by molar-refractivity contribution is -0.146. The predicted octanol–water partition coefficient (Wildman–Crippen LogP) is 3.64. The van der Waals surface area contributed by atoms with Crippen molar-refractivity contribution in [1.29, 1.82) is 0 Å². The number of esters is 1. The SMILES string of the molecule is CCCC(C(=O)OCC)C(=O)c1ccc(Cl)cc1F. The van der Waals surface area contributed by atoms with Crippen LogP contribution in [0.15, 0.2) is 18.2 Å². The van der Waals surface area contributed by atoms with Gasteiger partial charge in [0.05, 0.1) is 12.2 Å². The average Bonchev–Trinajstić information content (AvgIpc) is 2.35. The standard InChI is InChI=1S/C14H16ClFO3/c1-3-5-11(14(18)19-4-2)13(17)10-7-6-9(15)8-12(10)16/h6-8,11H,3-5H2,1-2H3. The first-order chi connectivity index (χ1) is 9.01. The zero-order chi connectivity index (χ0) is 14.4. The minimum absolute atomic E-state index is 0.129. The summed E-state index contributed by atoms with van der Waals surface area (Å²) >= 11 is 5.63. The molecular weight excluding hydrogens is 271 g/mol. The average molecular weight is 287 g/mol. The van der Waals surface area contributed by atoms with Gasteiger partial charge in [-0.25, -0.2) is 4.39 Å². The van der Waals surface area contributed by atoms with E-state index in [1.807, 2.05) is 6.92 Å². The van der Waals surface area contributed by atoms with Crippen molar-refractivity contribution in [2.24, 2.45) is 5.92 Å². The van der Waals surface area contributed by atoms with E-state index in [4.69, 9.17) is 16.3 Å². The number of ketones is 1. The Morgan fingerprint density at radius 2 is 2.05 bits per heavy atom. The first-order valence-electron chi connectivity index (χ1n) is 6.17. The monoisotopic (exact) mass is 286 g/mol. The van der Waals surface area contributed by atoms with Gasteiger partial charge in [0.15, 0.2) is 5.78 Å². The number of carbonyl (C=O) groups excluding carboxylic acids is 2. The second-order valence-electron chi connectivity index (χ2n) is 4.08. The minimum Gasteiger partial charge on any atom is -0.465 e. The number of carbonyl (C=O) groups is 2. The molecule has 0 aliphatic rings. The van der Waals surface area contributed by atoms with Crippen LogP contribution in [0.3, 0.4) is 0 Å². The molecule has 0 fully saturated rings. The van der Waals surface area contributed by atoms with Gasteiger partial charge in [-0.05, 0) is 31.5 Å². The Morgan fingerprint density at radius 3 is 2.58 bits per heavy atom. The number of rotatable bonds is 6. The van der Waals surface area contributed by atoms with E-state index in [-0.39, 0.29) is 17.2 Å². The fourth-order valence-corrected chi connectivity index (χ4v) is 1.92. The molecule has 0 saturated heterocycles.